The van der Waals surface area contributed by atoms with E-state index in [9.17, 15) is 14.4 Å². The quantitative estimate of drug-likeness (QED) is 0.261. The van der Waals surface area contributed by atoms with Crippen LogP contribution in [0.2, 0.25) is 0 Å². The van der Waals surface area contributed by atoms with Gasteiger partial charge in [0, 0.05) is 42.8 Å². The second-order valence-corrected chi connectivity index (χ2v) is 10.9. The predicted molar refractivity (Wildman–Crippen MR) is 156 cm³/mol. The van der Waals surface area contributed by atoms with E-state index in [4.69, 9.17) is 15.2 Å². The zero-order chi connectivity index (χ0) is 28.9. The molecule has 214 valence electrons. The number of esters is 1. The van der Waals surface area contributed by atoms with Crippen LogP contribution in [0.3, 0.4) is 0 Å². The summed E-state index contributed by atoms with van der Waals surface area (Å²) in [7, 11) is 0. The van der Waals surface area contributed by atoms with Crippen molar-refractivity contribution < 1.29 is 23.9 Å². The van der Waals surface area contributed by atoms with Crippen LogP contribution >= 0.6 is 0 Å². The van der Waals surface area contributed by atoms with Crippen LogP contribution < -0.4 is 16.0 Å². The maximum absolute atomic E-state index is 13.0. The van der Waals surface area contributed by atoms with E-state index in [1.54, 1.807) is 43.9 Å². The Hall–Kier alpha value is -3.73. The third-order valence-electron chi connectivity index (χ3n) is 6.64. The molecule has 10 nitrogen and oxygen atoms in total. The van der Waals surface area contributed by atoms with E-state index in [0.29, 0.717) is 55.0 Å². The molecule has 0 saturated carbocycles. The number of ether oxygens (including phenoxy) is 2. The van der Waals surface area contributed by atoms with Crippen molar-refractivity contribution in [3.05, 3.63) is 59.8 Å². The van der Waals surface area contributed by atoms with Crippen LogP contribution in [0.1, 0.15) is 43.7 Å². The van der Waals surface area contributed by atoms with E-state index in [-0.39, 0.29) is 11.8 Å². The van der Waals surface area contributed by atoms with Crippen molar-refractivity contribution in [1.29, 1.82) is 0 Å². The molecule has 0 unspecified atom stereocenters. The van der Waals surface area contributed by atoms with Gasteiger partial charge in [-0.05, 0) is 70.0 Å². The Morgan fingerprint density at radius 2 is 1.88 bits per heavy atom. The Morgan fingerprint density at radius 1 is 1.12 bits per heavy atom. The van der Waals surface area contributed by atoms with Gasteiger partial charge in [-0.15, -0.1) is 0 Å². The molecule has 4 N–H and O–H groups in total. The van der Waals surface area contributed by atoms with Gasteiger partial charge >= 0.3 is 5.97 Å². The highest BCUT2D eigenvalue weighted by Crippen LogP contribution is 2.26. The van der Waals surface area contributed by atoms with Crippen LogP contribution in [0.25, 0.3) is 10.9 Å². The second kappa shape index (κ2) is 12.6. The van der Waals surface area contributed by atoms with Gasteiger partial charge in [0.05, 0.1) is 24.9 Å². The van der Waals surface area contributed by atoms with Crippen molar-refractivity contribution in [2.75, 3.05) is 49.6 Å². The molecule has 0 spiro atoms. The van der Waals surface area contributed by atoms with E-state index in [2.05, 4.69) is 15.2 Å². The summed E-state index contributed by atoms with van der Waals surface area (Å²) in [5.41, 5.74) is 8.92. The molecule has 0 bridgehead atoms. The molecule has 2 aromatic carbocycles. The molecular formula is C30H39N5O5. The van der Waals surface area contributed by atoms with Crippen LogP contribution in [0, 0.1) is 0 Å². The van der Waals surface area contributed by atoms with E-state index < -0.39 is 17.6 Å². The molecule has 10 heteroatoms. The number of rotatable bonds is 10. The number of hydrogen-bond acceptors (Lipinski definition) is 7. The molecule has 40 heavy (non-hydrogen) atoms. The molecule has 3 aromatic rings. The lowest BCUT2D eigenvalue weighted by atomic mass is 10.0. The summed E-state index contributed by atoms with van der Waals surface area (Å²) in [4.78, 5) is 45.1. The first-order chi connectivity index (χ1) is 19.0. The Labute approximate surface area is 234 Å². The average molecular weight is 550 g/mol. The summed E-state index contributed by atoms with van der Waals surface area (Å²) in [6, 6.07) is 13.9. The number of benzene rings is 2. The highest BCUT2D eigenvalue weighted by molar-refractivity contribution is 6.05. The number of carbonyl (C=O) groups is 3. The van der Waals surface area contributed by atoms with Crippen LogP contribution in [-0.2, 0) is 25.5 Å². The molecule has 0 aliphatic carbocycles. The first kappa shape index (κ1) is 29.3. The number of amides is 2. The SMILES string of the molecule is CCOCCN1CCN(c2ccc(C[C@H](N)C(=O)Nc3cccc4[nH]c(C(=O)OC(C)(C)C)cc34)cc2)C(=O)C1. The van der Waals surface area contributed by atoms with Crippen LogP contribution in [0.5, 0.6) is 0 Å². The summed E-state index contributed by atoms with van der Waals surface area (Å²) >= 11 is 0. The highest BCUT2D eigenvalue weighted by Gasteiger charge is 2.25. The molecule has 0 radical (unpaired) electrons. The van der Waals surface area contributed by atoms with Gasteiger partial charge in [0.15, 0.2) is 0 Å². The van der Waals surface area contributed by atoms with Gasteiger partial charge in [0.1, 0.15) is 11.3 Å². The minimum atomic E-state index is -0.791. The van der Waals surface area contributed by atoms with Crippen LogP contribution in [-0.4, -0.2) is 78.7 Å². The monoisotopic (exact) mass is 549 g/mol. The van der Waals surface area contributed by atoms with Crippen molar-refractivity contribution in [2.45, 2.75) is 45.8 Å². The fourth-order valence-corrected chi connectivity index (χ4v) is 4.62. The number of carbonyl (C=O) groups excluding carboxylic acids is 3. The summed E-state index contributed by atoms with van der Waals surface area (Å²) in [6.07, 6.45) is 0.331. The van der Waals surface area contributed by atoms with Gasteiger partial charge in [-0.1, -0.05) is 18.2 Å². The Morgan fingerprint density at radius 3 is 2.55 bits per heavy atom. The number of fused-ring (bicyclic) bond motifs is 1. The fraction of sp³-hybridized carbons (Fsp3) is 0.433. The normalized spacial score (nSPS) is 15.3. The lowest BCUT2D eigenvalue weighted by Gasteiger charge is -2.34. The minimum Gasteiger partial charge on any atom is -0.455 e. The number of nitrogens with one attached hydrogen (secondary N) is 2. The first-order valence-electron chi connectivity index (χ1n) is 13.6. The summed E-state index contributed by atoms with van der Waals surface area (Å²) < 4.78 is 10.8. The molecule has 1 saturated heterocycles. The predicted octanol–water partition coefficient (Wildman–Crippen LogP) is 3.32. The third kappa shape index (κ3) is 7.47. The standard InChI is InChI=1S/C30H39N5O5/c1-5-39-16-15-34-13-14-35(27(36)19-34)21-11-9-20(10-12-21)17-23(31)28(37)33-25-8-6-7-24-22(25)18-26(32-24)29(38)40-30(2,3)4/h6-12,18,23,32H,5,13-17,19,31H2,1-4H3,(H,33,37)/t23-/m0/s1. The van der Waals surface area contributed by atoms with Gasteiger partial charge in [0.2, 0.25) is 11.8 Å². The van der Waals surface area contributed by atoms with Crippen LogP contribution in [0.15, 0.2) is 48.5 Å². The molecule has 4 rings (SSSR count). The lowest BCUT2D eigenvalue weighted by Crippen LogP contribution is -2.51. The van der Waals surface area contributed by atoms with E-state index >= 15 is 0 Å². The molecule has 1 fully saturated rings. The number of aromatic nitrogens is 1. The zero-order valence-electron chi connectivity index (χ0n) is 23.7. The molecule has 1 aliphatic rings. The molecule has 1 aromatic heterocycles. The van der Waals surface area contributed by atoms with E-state index in [1.165, 1.54) is 0 Å². The molecule has 1 aliphatic heterocycles. The van der Waals surface area contributed by atoms with Gasteiger partial charge in [-0.2, -0.15) is 0 Å². The maximum atomic E-state index is 13.0. The summed E-state index contributed by atoms with van der Waals surface area (Å²) in [5.74, 6) is -0.749. The number of piperazine rings is 1. The van der Waals surface area contributed by atoms with E-state index in [0.717, 1.165) is 24.3 Å². The number of aromatic amines is 1. The van der Waals surface area contributed by atoms with Crippen LogP contribution in [0.4, 0.5) is 11.4 Å². The molecule has 1 atom stereocenters. The Bertz CT molecular complexity index is 1340. The number of hydrogen-bond donors (Lipinski definition) is 3. The minimum absolute atomic E-state index is 0.0559. The van der Waals surface area contributed by atoms with Crippen molar-refractivity contribution in [2.24, 2.45) is 5.73 Å². The molecular weight excluding hydrogens is 510 g/mol. The van der Waals surface area contributed by atoms with Gasteiger partial charge < -0.3 is 30.4 Å². The number of nitrogens with zero attached hydrogens (tertiary/aromatic N) is 2. The number of H-pyrrole nitrogens is 1. The second-order valence-electron chi connectivity index (χ2n) is 10.9. The average Bonchev–Trinajstić information content (AvgIpc) is 3.34. The number of anilines is 2. The van der Waals surface area contributed by atoms with Crippen molar-refractivity contribution in [1.82, 2.24) is 9.88 Å². The van der Waals surface area contributed by atoms with Crippen molar-refractivity contribution >= 4 is 40.1 Å². The Balaban J connectivity index is 1.35. The topological polar surface area (TPSA) is 130 Å². The molecule has 2 heterocycles. The zero-order valence-corrected chi connectivity index (χ0v) is 23.7. The van der Waals surface area contributed by atoms with Crippen molar-refractivity contribution in [3.63, 3.8) is 0 Å². The lowest BCUT2D eigenvalue weighted by molar-refractivity contribution is -0.121. The smallest absolute Gasteiger partial charge is 0.355 e. The van der Waals surface area contributed by atoms with Gasteiger partial charge in [-0.25, -0.2) is 4.79 Å². The summed E-state index contributed by atoms with van der Waals surface area (Å²) in [5, 5.41) is 3.58. The first-order valence-corrected chi connectivity index (χ1v) is 13.6. The maximum Gasteiger partial charge on any atom is 0.355 e. The van der Waals surface area contributed by atoms with Gasteiger partial charge in [-0.3, -0.25) is 14.5 Å². The van der Waals surface area contributed by atoms with E-state index in [1.807, 2.05) is 37.3 Å². The van der Waals surface area contributed by atoms with Gasteiger partial charge in [0.25, 0.3) is 0 Å². The third-order valence-corrected chi connectivity index (χ3v) is 6.64. The largest absolute Gasteiger partial charge is 0.455 e. The molecule has 2 amide bonds. The fourth-order valence-electron chi connectivity index (χ4n) is 4.62. The summed E-state index contributed by atoms with van der Waals surface area (Å²) in [6.45, 7) is 11.2. The van der Waals surface area contributed by atoms with Crippen molar-refractivity contribution in [3.8, 4) is 0 Å². The number of nitrogens with two attached hydrogens (primary N) is 1. The Kier molecular flexibility index (Phi) is 9.24. The highest BCUT2D eigenvalue weighted by atomic mass is 16.6.